The summed E-state index contributed by atoms with van der Waals surface area (Å²) in [4.78, 5) is 2.44. The lowest BCUT2D eigenvalue weighted by Gasteiger charge is -2.29. The lowest BCUT2D eigenvalue weighted by Crippen LogP contribution is -2.18. The van der Waals surface area contributed by atoms with Crippen LogP contribution in [0.25, 0.3) is 54.6 Å². The Hall–Kier alpha value is -7.22. The Kier molecular flexibility index (Phi) is 8.44. The summed E-state index contributed by atoms with van der Waals surface area (Å²) in [5.74, 6) is 0.204. The lowest BCUT2D eigenvalue weighted by molar-refractivity contribution is 0.651. The first-order valence-corrected chi connectivity index (χ1v) is 22.5. The maximum absolute atomic E-state index is 2.58. The number of benzene rings is 10. The molecule has 0 heterocycles. The van der Waals surface area contributed by atoms with Gasteiger partial charge in [-0.05, 0) is 137 Å². The highest BCUT2D eigenvalue weighted by Crippen LogP contribution is 2.58. The highest BCUT2D eigenvalue weighted by atomic mass is 15.1. The van der Waals surface area contributed by atoms with Gasteiger partial charge in [0.25, 0.3) is 0 Å². The molecule has 0 spiro atoms. The number of hydrogen-bond donors (Lipinski definition) is 0. The van der Waals surface area contributed by atoms with Gasteiger partial charge in [-0.1, -0.05) is 191 Å². The molecule has 0 aromatic heterocycles. The number of para-hydroxylation sites is 1. The molecular weight excluding hydrogens is 759 g/mol. The number of hydrogen-bond acceptors (Lipinski definition) is 1. The predicted molar refractivity (Wildman–Crippen MR) is 267 cm³/mol. The van der Waals surface area contributed by atoms with Gasteiger partial charge in [0.2, 0.25) is 0 Å². The molecule has 0 fully saturated rings. The first-order chi connectivity index (χ1) is 30.8. The topological polar surface area (TPSA) is 3.24 Å². The summed E-state index contributed by atoms with van der Waals surface area (Å²) >= 11 is 0. The van der Waals surface area contributed by atoms with Crippen molar-refractivity contribution in [3.8, 4) is 22.3 Å². The molecule has 0 bridgehead atoms. The fourth-order valence-electron chi connectivity index (χ4n) is 11.5. The van der Waals surface area contributed by atoms with Crippen molar-refractivity contribution >= 4 is 49.4 Å². The van der Waals surface area contributed by atoms with E-state index in [1.165, 1.54) is 105 Å². The van der Waals surface area contributed by atoms with Crippen molar-refractivity contribution in [3.63, 3.8) is 0 Å². The van der Waals surface area contributed by atoms with Crippen molar-refractivity contribution in [2.24, 2.45) is 0 Å². The molecule has 1 atom stereocenters. The van der Waals surface area contributed by atoms with Crippen LogP contribution in [0.15, 0.2) is 206 Å². The molecule has 2 aliphatic carbocycles. The smallest absolute Gasteiger partial charge is 0.0540 e. The second-order valence-electron chi connectivity index (χ2n) is 18.8. The summed E-state index contributed by atoms with van der Waals surface area (Å²) in [5, 5.41) is 7.80. The normalized spacial score (nSPS) is 14.6. The van der Waals surface area contributed by atoms with Crippen molar-refractivity contribution in [3.05, 3.63) is 245 Å². The average Bonchev–Trinajstić information content (AvgIpc) is 3.69. The molecule has 0 unspecified atom stereocenters. The third-order valence-corrected chi connectivity index (χ3v) is 14.6. The Morgan fingerprint density at radius 2 is 0.952 bits per heavy atom. The molecule has 1 heteroatoms. The monoisotopic (exact) mass is 807 g/mol. The van der Waals surface area contributed by atoms with E-state index in [9.17, 15) is 0 Å². The summed E-state index contributed by atoms with van der Waals surface area (Å²) in [6.45, 7) is 9.76. The molecule has 0 N–H and O–H groups in total. The maximum atomic E-state index is 2.58. The van der Waals surface area contributed by atoms with Crippen molar-refractivity contribution in [1.29, 1.82) is 0 Å². The van der Waals surface area contributed by atoms with E-state index in [-0.39, 0.29) is 16.7 Å². The van der Waals surface area contributed by atoms with E-state index in [0.717, 1.165) is 12.1 Å². The van der Waals surface area contributed by atoms with Crippen molar-refractivity contribution in [1.82, 2.24) is 0 Å². The number of fused-ring (bicyclic) bond motifs is 10. The Morgan fingerprint density at radius 3 is 1.71 bits per heavy atom. The second-order valence-corrected chi connectivity index (χ2v) is 18.8. The van der Waals surface area contributed by atoms with Gasteiger partial charge in [0, 0.05) is 33.5 Å². The molecule has 12 rings (SSSR count). The summed E-state index contributed by atoms with van der Waals surface area (Å²) in [7, 11) is 0. The van der Waals surface area contributed by atoms with Gasteiger partial charge in [0.15, 0.2) is 0 Å². The number of rotatable bonds is 7. The van der Waals surface area contributed by atoms with Crippen LogP contribution in [0.4, 0.5) is 17.1 Å². The van der Waals surface area contributed by atoms with Crippen molar-refractivity contribution in [2.75, 3.05) is 4.90 Å². The molecule has 0 saturated carbocycles. The molecule has 10 aromatic carbocycles. The molecule has 63 heavy (non-hydrogen) atoms. The summed E-state index contributed by atoms with van der Waals surface area (Å²) in [5.41, 5.74) is 18.4. The molecule has 0 amide bonds. The molecule has 2 aliphatic rings. The minimum atomic E-state index is -0.208. The van der Waals surface area contributed by atoms with Crippen LogP contribution in [0.3, 0.4) is 0 Å². The maximum Gasteiger partial charge on any atom is 0.0540 e. The van der Waals surface area contributed by atoms with Gasteiger partial charge in [-0.3, -0.25) is 0 Å². The zero-order valence-electron chi connectivity index (χ0n) is 36.4. The fourth-order valence-corrected chi connectivity index (χ4v) is 11.5. The van der Waals surface area contributed by atoms with E-state index in [4.69, 9.17) is 0 Å². The summed E-state index contributed by atoms with van der Waals surface area (Å²) in [6.07, 6.45) is 0.913. The third kappa shape index (κ3) is 5.76. The van der Waals surface area contributed by atoms with Crippen molar-refractivity contribution in [2.45, 2.75) is 50.9 Å². The Labute approximate surface area is 370 Å². The van der Waals surface area contributed by atoms with Gasteiger partial charge in [-0.15, -0.1) is 0 Å². The number of nitrogens with zero attached hydrogens (tertiary/aromatic N) is 1. The molecule has 0 saturated heterocycles. The molecule has 0 aliphatic heterocycles. The average molecular weight is 808 g/mol. The molecule has 1 nitrogen and oxygen atoms in total. The van der Waals surface area contributed by atoms with E-state index in [1.54, 1.807) is 0 Å². The van der Waals surface area contributed by atoms with Crippen LogP contribution in [0, 0.1) is 0 Å². The number of anilines is 3. The van der Waals surface area contributed by atoms with E-state index < -0.39 is 0 Å². The molecular formula is C62H49N. The van der Waals surface area contributed by atoms with Gasteiger partial charge in [-0.25, -0.2) is 0 Å². The quantitative estimate of drug-likeness (QED) is 0.155. The molecule has 10 aromatic rings. The zero-order valence-corrected chi connectivity index (χ0v) is 36.4. The highest BCUT2D eigenvalue weighted by Gasteiger charge is 2.43. The van der Waals surface area contributed by atoms with E-state index >= 15 is 0 Å². The fraction of sp³-hybridized carbons (Fsp3) is 0.129. The first kappa shape index (κ1) is 37.5. The van der Waals surface area contributed by atoms with Crippen LogP contribution in [0.2, 0.25) is 0 Å². The second kappa shape index (κ2) is 14.2. The van der Waals surface area contributed by atoms with Crippen LogP contribution >= 0.6 is 0 Å². The minimum Gasteiger partial charge on any atom is -0.310 e. The first-order valence-electron chi connectivity index (χ1n) is 22.5. The van der Waals surface area contributed by atoms with E-state index in [0.29, 0.717) is 0 Å². The summed E-state index contributed by atoms with van der Waals surface area (Å²) < 4.78 is 0. The van der Waals surface area contributed by atoms with Gasteiger partial charge in [-0.2, -0.15) is 0 Å². The lowest BCUT2D eigenvalue weighted by atomic mass is 9.78. The standard InChI is InChI=1S/C62H49N/c1-61(2)55-37-45(63(44-25-9-6-10-26-44)59-32-18-24-41-22-12-14-29-48(41)59)33-34-50(55)53-38-57-54(39-56(53)61)60-51-30-16-15-28-47(51)43(36-58(60)62(57,3)4)35-52(42-19-7-5-8-20-42)49-31-17-23-40-21-11-13-27-46(40)49/h5-34,36-39,52H,35H2,1-4H3/t52-/m1/s1. The zero-order chi connectivity index (χ0) is 42.5. The van der Waals surface area contributed by atoms with Gasteiger partial charge < -0.3 is 4.90 Å². The highest BCUT2D eigenvalue weighted by molar-refractivity contribution is 6.05. The van der Waals surface area contributed by atoms with Gasteiger partial charge in [0.05, 0.1) is 5.69 Å². The van der Waals surface area contributed by atoms with Crippen molar-refractivity contribution < 1.29 is 0 Å². The van der Waals surface area contributed by atoms with Crippen LogP contribution in [0.5, 0.6) is 0 Å². The Bertz CT molecular complexity index is 3420. The predicted octanol–water partition coefficient (Wildman–Crippen LogP) is 16.6. The minimum absolute atomic E-state index is 0.189. The molecule has 0 radical (unpaired) electrons. The molecule has 302 valence electrons. The SMILES string of the molecule is CC1(C)c2cc(N(c3ccccc3)c3cccc4ccccc34)ccc2-c2cc3c(cc21)-c1c(cc(C[C@H](c2ccccc2)c2cccc4ccccc24)c2ccccc12)C3(C)C. The van der Waals surface area contributed by atoms with E-state index in [1.807, 2.05) is 0 Å². The van der Waals surface area contributed by atoms with Crippen LogP contribution in [0.1, 0.15) is 72.6 Å². The van der Waals surface area contributed by atoms with E-state index in [2.05, 4.69) is 239 Å². The Morgan fingerprint density at radius 1 is 0.397 bits per heavy atom. The van der Waals surface area contributed by atoms with Gasteiger partial charge in [0.1, 0.15) is 0 Å². The van der Waals surface area contributed by atoms with Gasteiger partial charge >= 0.3 is 0 Å². The summed E-state index contributed by atoms with van der Waals surface area (Å²) in [6, 6.07) is 77.2. The third-order valence-electron chi connectivity index (χ3n) is 14.6. The Balaban J connectivity index is 0.994. The van der Waals surface area contributed by atoms with Crippen LogP contribution < -0.4 is 4.90 Å². The largest absolute Gasteiger partial charge is 0.310 e. The van der Waals surface area contributed by atoms with Crippen LogP contribution in [-0.4, -0.2) is 0 Å². The van der Waals surface area contributed by atoms with Crippen LogP contribution in [-0.2, 0) is 17.3 Å².